The van der Waals surface area contributed by atoms with Crippen LogP contribution in [0.1, 0.15) is 27.6 Å². The lowest BCUT2D eigenvalue weighted by atomic mass is 10.1. The number of halogens is 2. The third kappa shape index (κ3) is 5.51. The van der Waals surface area contributed by atoms with Gasteiger partial charge in [-0.25, -0.2) is 17.2 Å². The highest BCUT2D eigenvalue weighted by molar-refractivity contribution is 7.89. The van der Waals surface area contributed by atoms with Gasteiger partial charge in [0.05, 0.1) is 4.90 Å². The number of ether oxygens (including phenoxy) is 1. The maximum Gasteiger partial charge on any atom is 0.321 e. The summed E-state index contributed by atoms with van der Waals surface area (Å²) < 4.78 is 56.8. The van der Waals surface area contributed by atoms with E-state index in [0.29, 0.717) is 11.6 Å². The van der Waals surface area contributed by atoms with Crippen LogP contribution in [0.15, 0.2) is 47.4 Å². The molecule has 28 heavy (non-hydrogen) atoms. The van der Waals surface area contributed by atoms with E-state index >= 15 is 0 Å². The van der Waals surface area contributed by atoms with Crippen LogP contribution >= 0.6 is 0 Å². The second kappa shape index (κ2) is 8.81. The molecule has 148 valence electrons. The summed E-state index contributed by atoms with van der Waals surface area (Å²) in [6.45, 7) is -0.180. The number of esters is 1. The lowest BCUT2D eigenvalue weighted by Gasteiger charge is -2.08. The molecule has 0 aromatic heterocycles. The van der Waals surface area contributed by atoms with Crippen molar-refractivity contribution >= 4 is 27.6 Å². The fraction of sp³-hybridized carbons (Fsp3) is 0.167. The highest BCUT2D eigenvalue weighted by Crippen LogP contribution is 2.11. The minimum absolute atomic E-state index is 0.164. The van der Waals surface area contributed by atoms with Gasteiger partial charge in [-0.15, -0.1) is 0 Å². The number of benzene rings is 2. The zero-order valence-corrected chi connectivity index (χ0v) is 15.4. The lowest BCUT2D eigenvalue weighted by Crippen LogP contribution is -2.31. The summed E-state index contributed by atoms with van der Waals surface area (Å²) in [4.78, 5) is 34.5. The number of sulfonamides is 1. The van der Waals surface area contributed by atoms with Crippen molar-refractivity contribution in [2.75, 3.05) is 13.2 Å². The summed E-state index contributed by atoms with van der Waals surface area (Å²) in [6, 6.07) is 7.52. The fourth-order valence-electron chi connectivity index (χ4n) is 2.06. The molecular weight excluding hydrogens is 396 g/mol. The molecule has 0 saturated heterocycles. The van der Waals surface area contributed by atoms with Crippen LogP contribution in [0.25, 0.3) is 0 Å². The van der Waals surface area contributed by atoms with Gasteiger partial charge in [0, 0.05) is 11.1 Å². The van der Waals surface area contributed by atoms with Crippen molar-refractivity contribution in [3.05, 3.63) is 65.2 Å². The average molecular weight is 411 g/mol. The van der Waals surface area contributed by atoms with E-state index in [1.54, 1.807) is 0 Å². The van der Waals surface area contributed by atoms with Crippen molar-refractivity contribution in [1.82, 2.24) is 4.72 Å². The Morgan fingerprint density at radius 3 is 2.14 bits per heavy atom. The van der Waals surface area contributed by atoms with Gasteiger partial charge in [0.25, 0.3) is 0 Å². The molecule has 10 heteroatoms. The molecule has 0 amide bonds. The smallest absolute Gasteiger partial charge is 0.321 e. The third-order valence-corrected chi connectivity index (χ3v) is 5.00. The maximum atomic E-state index is 13.1. The zero-order chi connectivity index (χ0) is 20.9. The third-order valence-electron chi connectivity index (χ3n) is 3.58. The van der Waals surface area contributed by atoms with Crippen molar-refractivity contribution in [3.8, 4) is 0 Å². The van der Waals surface area contributed by atoms with Gasteiger partial charge in [-0.05, 0) is 37.3 Å². The molecule has 0 fully saturated rings. The Bertz CT molecular complexity index is 1020. The van der Waals surface area contributed by atoms with Crippen molar-refractivity contribution in [2.45, 2.75) is 11.8 Å². The Labute approximate surface area is 159 Å². The van der Waals surface area contributed by atoms with Crippen molar-refractivity contribution < 1.29 is 36.3 Å². The highest BCUT2D eigenvalue weighted by atomic mass is 32.2. The predicted octanol–water partition coefficient (Wildman–Crippen LogP) is 1.87. The van der Waals surface area contributed by atoms with E-state index in [1.807, 2.05) is 4.72 Å². The lowest BCUT2D eigenvalue weighted by molar-refractivity contribution is -0.141. The first-order chi connectivity index (χ1) is 13.1. The molecule has 2 aromatic carbocycles. The molecule has 1 N–H and O–H groups in total. The van der Waals surface area contributed by atoms with Gasteiger partial charge in [0.2, 0.25) is 10.0 Å². The molecule has 0 unspecified atom stereocenters. The van der Waals surface area contributed by atoms with Crippen LogP contribution in [0.3, 0.4) is 0 Å². The van der Waals surface area contributed by atoms with Gasteiger partial charge in [0.15, 0.2) is 29.8 Å². The van der Waals surface area contributed by atoms with E-state index in [-0.39, 0.29) is 16.2 Å². The van der Waals surface area contributed by atoms with Crippen LogP contribution in [-0.4, -0.2) is 39.1 Å². The standard InChI is InChI=1S/C18H15F2NO6S/c1-11(22)12-2-5-14(6-3-12)28(25,26)21-9-18(24)27-10-17(23)13-4-7-15(19)16(20)8-13/h2-8,21H,9-10H2,1H3. The summed E-state index contributed by atoms with van der Waals surface area (Å²) in [5.41, 5.74) is 0.131. The van der Waals surface area contributed by atoms with Gasteiger partial charge in [0.1, 0.15) is 6.54 Å². The Hall–Kier alpha value is -2.98. The molecule has 0 spiro atoms. The SMILES string of the molecule is CC(=O)c1ccc(S(=O)(=O)NCC(=O)OCC(=O)c2ccc(F)c(F)c2)cc1. The molecule has 0 radical (unpaired) electrons. The number of carbonyl (C=O) groups is 3. The van der Waals surface area contributed by atoms with Crippen LogP contribution < -0.4 is 4.72 Å². The van der Waals surface area contributed by atoms with E-state index in [9.17, 15) is 31.6 Å². The molecule has 0 atom stereocenters. The quantitative estimate of drug-likeness (QED) is 0.525. The normalized spacial score (nSPS) is 11.1. The molecule has 7 nitrogen and oxygen atoms in total. The number of hydrogen-bond donors (Lipinski definition) is 1. The summed E-state index contributed by atoms with van der Waals surface area (Å²) in [7, 11) is -4.04. The number of nitrogens with one attached hydrogen (secondary N) is 1. The Kier molecular flexibility index (Phi) is 6.71. The average Bonchev–Trinajstić information content (AvgIpc) is 2.66. The first-order valence-electron chi connectivity index (χ1n) is 7.84. The van der Waals surface area contributed by atoms with Gasteiger partial charge in [-0.1, -0.05) is 12.1 Å². The van der Waals surface area contributed by atoms with Crippen LogP contribution in [0.2, 0.25) is 0 Å². The summed E-state index contributed by atoms with van der Waals surface area (Å²) in [5, 5.41) is 0. The van der Waals surface area contributed by atoms with E-state index in [2.05, 4.69) is 4.74 Å². The maximum absolute atomic E-state index is 13.1. The van der Waals surface area contributed by atoms with Crippen molar-refractivity contribution in [2.24, 2.45) is 0 Å². The molecule has 0 saturated carbocycles. The first kappa shape index (κ1) is 21.3. The number of hydrogen-bond acceptors (Lipinski definition) is 6. The summed E-state index contributed by atoms with van der Waals surface area (Å²) in [6.07, 6.45) is 0. The topological polar surface area (TPSA) is 107 Å². The second-order valence-electron chi connectivity index (χ2n) is 5.62. The van der Waals surface area contributed by atoms with Gasteiger partial charge in [-0.2, -0.15) is 4.72 Å². The largest absolute Gasteiger partial charge is 0.456 e. The van der Waals surface area contributed by atoms with Crippen LogP contribution in [0.4, 0.5) is 8.78 Å². The number of rotatable bonds is 8. The van der Waals surface area contributed by atoms with Crippen LogP contribution in [0.5, 0.6) is 0 Å². The van der Waals surface area contributed by atoms with Crippen molar-refractivity contribution in [1.29, 1.82) is 0 Å². The minimum Gasteiger partial charge on any atom is -0.456 e. The molecular formula is C18H15F2NO6S. The summed E-state index contributed by atoms with van der Waals surface area (Å²) >= 11 is 0. The Morgan fingerprint density at radius 2 is 1.57 bits per heavy atom. The fourth-order valence-corrected chi connectivity index (χ4v) is 3.02. The van der Waals surface area contributed by atoms with E-state index < -0.39 is 46.6 Å². The van der Waals surface area contributed by atoms with Gasteiger partial charge in [-0.3, -0.25) is 14.4 Å². The molecule has 0 aliphatic heterocycles. The first-order valence-corrected chi connectivity index (χ1v) is 9.33. The van der Waals surface area contributed by atoms with E-state index in [0.717, 1.165) is 12.1 Å². The minimum atomic E-state index is -4.04. The highest BCUT2D eigenvalue weighted by Gasteiger charge is 2.18. The van der Waals surface area contributed by atoms with E-state index in [1.165, 1.54) is 31.2 Å². The molecule has 0 aliphatic rings. The van der Waals surface area contributed by atoms with Crippen LogP contribution in [-0.2, 0) is 19.6 Å². The number of Topliss-reactive ketones (excluding diaryl/α,β-unsaturated/α-hetero) is 2. The Morgan fingerprint density at radius 1 is 0.964 bits per heavy atom. The molecule has 0 bridgehead atoms. The molecule has 2 rings (SSSR count). The van der Waals surface area contributed by atoms with Crippen LogP contribution in [0, 0.1) is 11.6 Å². The summed E-state index contributed by atoms with van der Waals surface area (Å²) in [5.74, 6) is -4.40. The second-order valence-corrected chi connectivity index (χ2v) is 7.38. The molecule has 0 aliphatic carbocycles. The zero-order valence-electron chi connectivity index (χ0n) is 14.6. The Balaban J connectivity index is 1.89. The van der Waals surface area contributed by atoms with E-state index in [4.69, 9.17) is 0 Å². The van der Waals surface area contributed by atoms with Gasteiger partial charge >= 0.3 is 5.97 Å². The predicted molar refractivity (Wildman–Crippen MR) is 93.3 cm³/mol. The van der Waals surface area contributed by atoms with Crippen molar-refractivity contribution in [3.63, 3.8) is 0 Å². The molecule has 0 heterocycles. The van der Waals surface area contributed by atoms with Gasteiger partial charge < -0.3 is 4.74 Å². The monoisotopic (exact) mass is 411 g/mol. The molecule has 2 aromatic rings. The number of ketones is 2. The number of carbonyl (C=O) groups excluding carboxylic acids is 3.